The van der Waals surface area contributed by atoms with E-state index in [1.165, 1.54) is 15.6 Å². The van der Waals surface area contributed by atoms with Gasteiger partial charge in [-0.25, -0.2) is 8.42 Å². The zero-order chi connectivity index (χ0) is 13.8. The highest BCUT2D eigenvalue weighted by molar-refractivity contribution is 7.91. The fraction of sp³-hybridized carbons (Fsp3) is 0.667. The first-order valence-electron chi connectivity index (χ1n) is 6.11. The highest BCUT2D eigenvalue weighted by atomic mass is 32.2. The summed E-state index contributed by atoms with van der Waals surface area (Å²) in [4.78, 5) is 1.04. The number of thiophene rings is 1. The molecule has 0 aliphatic rings. The van der Waals surface area contributed by atoms with Crippen molar-refractivity contribution in [3.8, 4) is 0 Å². The molecule has 0 saturated heterocycles. The van der Waals surface area contributed by atoms with E-state index in [1.54, 1.807) is 13.1 Å². The number of rotatable bonds is 7. The fourth-order valence-electron chi connectivity index (χ4n) is 1.59. The summed E-state index contributed by atoms with van der Waals surface area (Å²) < 4.78 is 26.5. The van der Waals surface area contributed by atoms with Crippen molar-refractivity contribution in [2.75, 3.05) is 20.6 Å². The molecule has 1 atom stereocenters. The Labute approximate surface area is 114 Å². The van der Waals surface area contributed by atoms with E-state index >= 15 is 0 Å². The van der Waals surface area contributed by atoms with Crippen LogP contribution in [0.3, 0.4) is 0 Å². The molecule has 18 heavy (non-hydrogen) atoms. The molecule has 0 radical (unpaired) electrons. The Hall–Kier alpha value is -0.430. The zero-order valence-electron chi connectivity index (χ0n) is 11.4. The number of hydrogen-bond acceptors (Lipinski definition) is 4. The van der Waals surface area contributed by atoms with Crippen molar-refractivity contribution in [1.82, 2.24) is 9.62 Å². The summed E-state index contributed by atoms with van der Waals surface area (Å²) in [5, 5.41) is 3.02. The zero-order valence-corrected chi connectivity index (χ0v) is 13.1. The molecule has 1 rings (SSSR count). The highest BCUT2D eigenvalue weighted by Gasteiger charge is 2.23. The van der Waals surface area contributed by atoms with Crippen LogP contribution in [0.4, 0.5) is 0 Å². The Morgan fingerprint density at radius 3 is 2.67 bits per heavy atom. The quantitative estimate of drug-likeness (QED) is 0.837. The van der Waals surface area contributed by atoms with Gasteiger partial charge >= 0.3 is 0 Å². The second kappa shape index (κ2) is 6.65. The van der Waals surface area contributed by atoms with Crippen LogP contribution < -0.4 is 5.32 Å². The Morgan fingerprint density at radius 2 is 2.11 bits per heavy atom. The average molecular weight is 290 g/mol. The number of sulfonamides is 1. The number of nitrogens with zero attached hydrogens (tertiary/aromatic N) is 1. The largest absolute Gasteiger partial charge is 0.315 e. The lowest BCUT2D eigenvalue weighted by Gasteiger charge is -2.19. The molecule has 0 spiro atoms. The third-order valence-electron chi connectivity index (χ3n) is 2.92. The van der Waals surface area contributed by atoms with Gasteiger partial charge in [-0.05, 0) is 25.1 Å². The van der Waals surface area contributed by atoms with Gasteiger partial charge in [-0.1, -0.05) is 20.3 Å². The highest BCUT2D eigenvalue weighted by Crippen LogP contribution is 2.24. The molecule has 1 aromatic rings. The van der Waals surface area contributed by atoms with Crippen molar-refractivity contribution in [3.63, 3.8) is 0 Å². The summed E-state index contributed by atoms with van der Waals surface area (Å²) in [7, 11) is 0.184. The van der Waals surface area contributed by atoms with E-state index in [4.69, 9.17) is 0 Å². The van der Waals surface area contributed by atoms with E-state index in [0.717, 1.165) is 11.3 Å². The minimum atomic E-state index is -3.32. The first-order chi connectivity index (χ1) is 8.41. The second-order valence-electron chi connectivity index (χ2n) is 4.55. The summed E-state index contributed by atoms with van der Waals surface area (Å²) in [5.41, 5.74) is 0. The van der Waals surface area contributed by atoms with E-state index in [2.05, 4.69) is 19.2 Å². The normalized spacial score (nSPS) is 14.1. The molecule has 0 amide bonds. The van der Waals surface area contributed by atoms with Crippen molar-refractivity contribution >= 4 is 21.4 Å². The Bertz CT molecular complexity index is 468. The monoisotopic (exact) mass is 290 g/mol. The summed E-state index contributed by atoms with van der Waals surface area (Å²) in [5.74, 6) is 0.376. The van der Waals surface area contributed by atoms with Crippen molar-refractivity contribution in [3.05, 3.63) is 17.0 Å². The van der Waals surface area contributed by atoms with Gasteiger partial charge in [0.15, 0.2) is 0 Å². The molecule has 0 aliphatic carbocycles. The molecule has 1 unspecified atom stereocenters. The topological polar surface area (TPSA) is 49.4 Å². The van der Waals surface area contributed by atoms with Gasteiger partial charge in [-0.3, -0.25) is 0 Å². The van der Waals surface area contributed by atoms with Crippen LogP contribution in [0.2, 0.25) is 0 Å². The van der Waals surface area contributed by atoms with E-state index in [9.17, 15) is 8.42 Å². The SMILES string of the molecule is CCC(C)CN(C)S(=O)(=O)c1ccc(CNC)s1. The van der Waals surface area contributed by atoms with Crippen LogP contribution in [-0.2, 0) is 16.6 Å². The molecule has 6 heteroatoms. The molecule has 1 N–H and O–H groups in total. The van der Waals surface area contributed by atoms with Crippen LogP contribution in [-0.4, -0.2) is 33.4 Å². The lowest BCUT2D eigenvalue weighted by Crippen LogP contribution is -2.30. The lowest BCUT2D eigenvalue weighted by molar-refractivity contribution is 0.394. The van der Waals surface area contributed by atoms with E-state index in [-0.39, 0.29) is 0 Å². The standard InChI is InChI=1S/C12H22N2O2S2/c1-5-10(2)9-14(4)18(15,16)12-7-6-11(17-12)8-13-3/h6-7,10,13H,5,8-9H2,1-4H3. The van der Waals surface area contributed by atoms with Gasteiger partial charge < -0.3 is 5.32 Å². The molecule has 4 nitrogen and oxygen atoms in total. The van der Waals surface area contributed by atoms with Crippen molar-refractivity contribution in [2.24, 2.45) is 5.92 Å². The van der Waals surface area contributed by atoms with Gasteiger partial charge in [-0.15, -0.1) is 11.3 Å². The Balaban J connectivity index is 2.84. The summed E-state index contributed by atoms with van der Waals surface area (Å²) >= 11 is 1.34. The van der Waals surface area contributed by atoms with Crippen LogP contribution in [0.15, 0.2) is 16.3 Å². The maximum atomic E-state index is 12.3. The first kappa shape index (κ1) is 15.6. The predicted octanol–water partition coefficient (Wildman–Crippen LogP) is 2.13. The molecule has 1 aromatic heterocycles. The lowest BCUT2D eigenvalue weighted by atomic mass is 10.1. The Kier molecular flexibility index (Phi) is 5.78. The van der Waals surface area contributed by atoms with Crippen LogP contribution in [0, 0.1) is 5.92 Å². The fourth-order valence-corrected chi connectivity index (χ4v) is 4.45. The molecule has 0 aromatic carbocycles. The predicted molar refractivity (Wildman–Crippen MR) is 76.4 cm³/mol. The molecular weight excluding hydrogens is 268 g/mol. The van der Waals surface area contributed by atoms with E-state index in [1.807, 2.05) is 13.1 Å². The average Bonchev–Trinajstić information content (AvgIpc) is 2.78. The van der Waals surface area contributed by atoms with Crippen molar-refractivity contribution in [1.29, 1.82) is 0 Å². The second-order valence-corrected chi connectivity index (χ2v) is 7.99. The van der Waals surface area contributed by atoms with Crippen LogP contribution in [0.5, 0.6) is 0 Å². The molecule has 0 bridgehead atoms. The Morgan fingerprint density at radius 1 is 1.44 bits per heavy atom. The number of hydrogen-bond donors (Lipinski definition) is 1. The third-order valence-corrected chi connectivity index (χ3v) is 6.29. The van der Waals surface area contributed by atoms with Gasteiger partial charge in [0.1, 0.15) is 4.21 Å². The smallest absolute Gasteiger partial charge is 0.252 e. The molecule has 0 aliphatic heterocycles. The van der Waals surface area contributed by atoms with Crippen LogP contribution >= 0.6 is 11.3 Å². The molecule has 1 heterocycles. The summed E-state index contributed by atoms with van der Waals surface area (Å²) in [6, 6.07) is 3.56. The maximum Gasteiger partial charge on any atom is 0.252 e. The van der Waals surface area contributed by atoms with Crippen molar-refractivity contribution < 1.29 is 8.42 Å². The summed E-state index contributed by atoms with van der Waals surface area (Å²) in [6.45, 7) is 5.40. The van der Waals surface area contributed by atoms with Gasteiger partial charge in [0.25, 0.3) is 10.0 Å². The molecule has 0 fully saturated rings. The summed E-state index contributed by atoms with van der Waals surface area (Å²) in [6.07, 6.45) is 0.981. The van der Waals surface area contributed by atoms with Gasteiger partial charge in [0.2, 0.25) is 0 Å². The van der Waals surface area contributed by atoms with Crippen molar-refractivity contribution in [2.45, 2.75) is 31.0 Å². The van der Waals surface area contributed by atoms with E-state index < -0.39 is 10.0 Å². The maximum absolute atomic E-state index is 12.3. The van der Waals surface area contributed by atoms with Gasteiger partial charge in [0, 0.05) is 25.0 Å². The van der Waals surface area contributed by atoms with Gasteiger partial charge in [-0.2, -0.15) is 4.31 Å². The third kappa shape index (κ3) is 3.78. The molecule has 0 saturated carbocycles. The minimum Gasteiger partial charge on any atom is -0.315 e. The minimum absolute atomic E-state index is 0.376. The number of nitrogens with one attached hydrogen (secondary N) is 1. The first-order valence-corrected chi connectivity index (χ1v) is 8.37. The van der Waals surface area contributed by atoms with Crippen LogP contribution in [0.1, 0.15) is 25.1 Å². The molecular formula is C12H22N2O2S2. The molecule has 104 valence electrons. The van der Waals surface area contributed by atoms with Crippen LogP contribution in [0.25, 0.3) is 0 Å². The van der Waals surface area contributed by atoms with Gasteiger partial charge in [0.05, 0.1) is 0 Å². The van der Waals surface area contributed by atoms with E-state index in [0.29, 0.717) is 23.2 Å².